The second kappa shape index (κ2) is 5.43. The van der Waals surface area contributed by atoms with Crippen LogP contribution in [0.4, 0.5) is 10.5 Å². The second-order valence-corrected chi connectivity index (χ2v) is 4.28. The van der Waals surface area contributed by atoms with E-state index in [0.29, 0.717) is 0 Å². The number of nitrogens with zero attached hydrogens (tertiary/aromatic N) is 3. The molecule has 0 bridgehead atoms. The van der Waals surface area contributed by atoms with Crippen molar-refractivity contribution in [2.45, 2.75) is 6.04 Å². The molecule has 1 aromatic carbocycles. The van der Waals surface area contributed by atoms with E-state index in [1.54, 1.807) is 6.21 Å². The normalized spacial score (nSPS) is 18.7. The molecule has 1 unspecified atom stereocenters. The molecule has 1 aliphatic heterocycles. The van der Waals surface area contributed by atoms with E-state index in [1.165, 1.54) is 6.21 Å². The Morgan fingerprint density at radius 1 is 1.26 bits per heavy atom. The molecule has 0 radical (unpaired) electrons. The molecule has 2 rings (SSSR count). The summed E-state index contributed by atoms with van der Waals surface area (Å²) in [7, 11) is 3.92. The average Bonchev–Trinajstić information content (AvgIpc) is 2.38. The van der Waals surface area contributed by atoms with Gasteiger partial charge in [0.1, 0.15) is 0 Å². The highest BCUT2D eigenvalue weighted by molar-refractivity contribution is 6.12. The number of carbonyl (C=O) groups is 2. The summed E-state index contributed by atoms with van der Waals surface area (Å²) < 4.78 is 0. The van der Waals surface area contributed by atoms with E-state index >= 15 is 0 Å². The highest BCUT2D eigenvalue weighted by Crippen LogP contribution is 2.11. The zero-order chi connectivity index (χ0) is 13.8. The lowest BCUT2D eigenvalue weighted by atomic mass is 10.2. The molecule has 0 fully saturated rings. The van der Waals surface area contributed by atoms with Crippen molar-refractivity contribution >= 4 is 30.1 Å². The summed E-state index contributed by atoms with van der Waals surface area (Å²) in [6.45, 7) is 0. The van der Waals surface area contributed by atoms with Crippen molar-refractivity contribution in [3.63, 3.8) is 0 Å². The summed E-state index contributed by atoms with van der Waals surface area (Å²) in [5, 5.41) is 2.09. The molecular formula is C13H14N4O2. The Hall–Kier alpha value is -2.50. The molecule has 1 heterocycles. The van der Waals surface area contributed by atoms with Crippen LogP contribution >= 0.6 is 0 Å². The lowest BCUT2D eigenvalue weighted by Gasteiger charge is -2.12. The van der Waals surface area contributed by atoms with E-state index in [-0.39, 0.29) is 0 Å². The van der Waals surface area contributed by atoms with Crippen LogP contribution in [-0.4, -0.2) is 44.5 Å². The van der Waals surface area contributed by atoms with E-state index in [9.17, 15) is 9.59 Å². The summed E-state index contributed by atoms with van der Waals surface area (Å²) in [6, 6.07) is 6.34. The van der Waals surface area contributed by atoms with Gasteiger partial charge >= 0.3 is 6.03 Å². The third-order valence-electron chi connectivity index (χ3n) is 2.63. The Morgan fingerprint density at radius 3 is 2.53 bits per heavy atom. The van der Waals surface area contributed by atoms with Crippen molar-refractivity contribution < 1.29 is 9.59 Å². The van der Waals surface area contributed by atoms with Gasteiger partial charge in [0.2, 0.25) is 0 Å². The summed E-state index contributed by atoms with van der Waals surface area (Å²) >= 11 is 0. The number of urea groups is 1. The highest BCUT2D eigenvalue weighted by atomic mass is 16.2. The number of aliphatic imine (C=N–C) groups is 2. The minimum atomic E-state index is -0.744. The van der Waals surface area contributed by atoms with E-state index < -0.39 is 18.0 Å². The minimum Gasteiger partial charge on any atom is -0.378 e. The summed E-state index contributed by atoms with van der Waals surface area (Å²) in [6.07, 6.45) is 2.83. The van der Waals surface area contributed by atoms with Gasteiger partial charge in [-0.25, -0.2) is 9.79 Å². The molecule has 1 aliphatic rings. The predicted octanol–water partition coefficient (Wildman–Crippen LogP) is 0.861. The Labute approximate surface area is 110 Å². The summed E-state index contributed by atoms with van der Waals surface area (Å²) in [4.78, 5) is 31.8. The number of nitrogens with one attached hydrogen (secondary N) is 1. The number of anilines is 1. The number of hydrogen-bond acceptors (Lipinski definition) is 4. The maximum Gasteiger partial charge on any atom is 0.347 e. The molecule has 1 N–H and O–H groups in total. The number of rotatable bonds is 3. The van der Waals surface area contributed by atoms with Crippen LogP contribution in [0.2, 0.25) is 0 Å². The van der Waals surface area contributed by atoms with Crippen LogP contribution in [0, 0.1) is 0 Å². The molecule has 19 heavy (non-hydrogen) atoms. The van der Waals surface area contributed by atoms with Crippen molar-refractivity contribution in [1.82, 2.24) is 5.32 Å². The van der Waals surface area contributed by atoms with Crippen molar-refractivity contribution in [3.8, 4) is 0 Å². The van der Waals surface area contributed by atoms with Crippen LogP contribution in [0.1, 0.15) is 5.56 Å². The number of hydrogen-bond donors (Lipinski definition) is 1. The number of amides is 3. The summed E-state index contributed by atoms with van der Waals surface area (Å²) in [5.41, 5.74) is 1.96. The van der Waals surface area contributed by atoms with E-state index in [2.05, 4.69) is 15.3 Å². The van der Waals surface area contributed by atoms with E-state index in [1.807, 2.05) is 43.3 Å². The SMILES string of the molecule is CN(C)c1ccc(C=NC2C=NC(=O)NC2=O)cc1. The van der Waals surface area contributed by atoms with Gasteiger partial charge in [0.25, 0.3) is 5.91 Å². The zero-order valence-corrected chi connectivity index (χ0v) is 10.7. The van der Waals surface area contributed by atoms with Gasteiger partial charge in [0.05, 0.1) is 0 Å². The highest BCUT2D eigenvalue weighted by Gasteiger charge is 2.21. The molecule has 6 heteroatoms. The third kappa shape index (κ3) is 3.25. The zero-order valence-electron chi connectivity index (χ0n) is 10.7. The van der Waals surface area contributed by atoms with Crippen LogP contribution in [-0.2, 0) is 4.79 Å². The summed E-state index contributed by atoms with van der Waals surface area (Å²) in [5.74, 6) is -0.457. The third-order valence-corrected chi connectivity index (χ3v) is 2.63. The maximum absolute atomic E-state index is 11.4. The first-order valence-corrected chi connectivity index (χ1v) is 5.76. The lowest BCUT2D eigenvalue weighted by Crippen LogP contribution is -2.41. The first kappa shape index (κ1) is 12.9. The monoisotopic (exact) mass is 258 g/mol. The first-order valence-electron chi connectivity index (χ1n) is 5.76. The molecule has 0 aliphatic carbocycles. The largest absolute Gasteiger partial charge is 0.378 e. The number of benzene rings is 1. The fourth-order valence-electron chi connectivity index (χ4n) is 1.55. The molecular weight excluding hydrogens is 244 g/mol. The Kier molecular flexibility index (Phi) is 3.70. The van der Waals surface area contributed by atoms with Gasteiger partial charge in [-0.05, 0) is 17.7 Å². The second-order valence-electron chi connectivity index (χ2n) is 4.28. The van der Waals surface area contributed by atoms with Crippen molar-refractivity contribution in [2.75, 3.05) is 19.0 Å². The minimum absolute atomic E-state index is 0.457. The average molecular weight is 258 g/mol. The van der Waals surface area contributed by atoms with Crippen LogP contribution in [0.5, 0.6) is 0 Å². The molecule has 98 valence electrons. The smallest absolute Gasteiger partial charge is 0.347 e. The predicted molar refractivity (Wildman–Crippen MR) is 74.2 cm³/mol. The standard InChI is InChI=1S/C13H14N4O2/c1-17(2)10-5-3-9(4-6-10)7-14-11-8-15-13(19)16-12(11)18/h3-8,11H,1-2H3,(H,16,18,19). The lowest BCUT2D eigenvalue weighted by molar-refractivity contribution is -0.119. The van der Waals surface area contributed by atoms with Gasteiger partial charge in [-0.1, -0.05) is 12.1 Å². The Bertz CT molecular complexity index is 546. The fourth-order valence-corrected chi connectivity index (χ4v) is 1.55. The molecule has 1 atom stereocenters. The molecule has 0 spiro atoms. The van der Waals surface area contributed by atoms with Crippen molar-refractivity contribution in [3.05, 3.63) is 29.8 Å². The van der Waals surface area contributed by atoms with Gasteiger partial charge in [-0.15, -0.1) is 0 Å². The molecule has 0 aromatic heterocycles. The van der Waals surface area contributed by atoms with E-state index in [0.717, 1.165) is 11.3 Å². The molecule has 0 saturated heterocycles. The van der Waals surface area contributed by atoms with Crippen LogP contribution in [0.15, 0.2) is 34.3 Å². The van der Waals surface area contributed by atoms with Crippen LogP contribution in [0.3, 0.4) is 0 Å². The number of imide groups is 1. The Balaban J connectivity index is 2.08. The van der Waals surface area contributed by atoms with Crippen molar-refractivity contribution in [2.24, 2.45) is 9.98 Å². The van der Waals surface area contributed by atoms with Crippen molar-refractivity contribution in [1.29, 1.82) is 0 Å². The Morgan fingerprint density at radius 2 is 1.95 bits per heavy atom. The fraction of sp³-hybridized carbons (Fsp3) is 0.231. The molecule has 0 saturated carbocycles. The van der Waals surface area contributed by atoms with E-state index in [4.69, 9.17) is 0 Å². The molecule has 1 aromatic rings. The number of carbonyl (C=O) groups excluding carboxylic acids is 2. The van der Waals surface area contributed by atoms with Gasteiger partial charge in [0.15, 0.2) is 6.04 Å². The molecule has 6 nitrogen and oxygen atoms in total. The first-order chi connectivity index (χ1) is 9.06. The molecule has 3 amide bonds. The quantitative estimate of drug-likeness (QED) is 0.817. The van der Waals surface area contributed by atoms with Gasteiger partial charge in [0, 0.05) is 32.2 Å². The van der Waals surface area contributed by atoms with Gasteiger partial charge in [-0.2, -0.15) is 0 Å². The van der Waals surface area contributed by atoms with Crippen LogP contribution in [0.25, 0.3) is 0 Å². The topological polar surface area (TPSA) is 74.1 Å². The van der Waals surface area contributed by atoms with Gasteiger partial charge < -0.3 is 4.90 Å². The van der Waals surface area contributed by atoms with Crippen LogP contribution < -0.4 is 10.2 Å². The van der Waals surface area contributed by atoms with Gasteiger partial charge in [-0.3, -0.25) is 15.1 Å². The maximum atomic E-state index is 11.4.